The van der Waals surface area contributed by atoms with Crippen molar-refractivity contribution in [1.82, 2.24) is 20.2 Å². The first-order chi connectivity index (χ1) is 11.6. The second-order valence-corrected chi connectivity index (χ2v) is 6.93. The largest absolute Gasteiger partial charge is 0.376 e. The minimum absolute atomic E-state index is 0.0725. The number of nitrogens with zero attached hydrogens (tertiary/aromatic N) is 4. The molecule has 1 unspecified atom stereocenters. The summed E-state index contributed by atoms with van der Waals surface area (Å²) in [6, 6.07) is 5.98. The van der Waals surface area contributed by atoms with Crippen LogP contribution in [0.25, 0.3) is 0 Å². The average molecular weight is 347 g/mol. The van der Waals surface area contributed by atoms with Gasteiger partial charge in [-0.05, 0) is 60.4 Å². The van der Waals surface area contributed by atoms with Crippen molar-refractivity contribution in [2.45, 2.75) is 44.5 Å². The number of hydrogen-bond donors (Lipinski definition) is 1. The molecule has 8 heteroatoms. The molecular formula is C16H21N5O2S. The third-order valence-corrected chi connectivity index (χ3v) is 4.69. The van der Waals surface area contributed by atoms with Crippen LogP contribution in [0, 0.1) is 13.8 Å². The summed E-state index contributed by atoms with van der Waals surface area (Å²) in [4.78, 5) is 12.2. The number of aryl methyl sites for hydroxylation is 2. The van der Waals surface area contributed by atoms with E-state index >= 15 is 0 Å². The molecule has 2 heterocycles. The number of anilines is 1. The zero-order valence-corrected chi connectivity index (χ0v) is 14.7. The topological polar surface area (TPSA) is 81.9 Å². The van der Waals surface area contributed by atoms with E-state index in [9.17, 15) is 4.79 Å². The molecule has 0 saturated carbocycles. The predicted octanol–water partition coefficient (Wildman–Crippen LogP) is 2.20. The molecule has 1 amide bonds. The van der Waals surface area contributed by atoms with Crippen LogP contribution < -0.4 is 5.32 Å². The summed E-state index contributed by atoms with van der Waals surface area (Å²) in [5.74, 6) is 0.190. The van der Waals surface area contributed by atoms with E-state index in [1.807, 2.05) is 26.0 Å². The maximum Gasteiger partial charge on any atom is 0.234 e. The Hall–Kier alpha value is -1.93. The maximum atomic E-state index is 12.2. The van der Waals surface area contributed by atoms with Gasteiger partial charge in [0.25, 0.3) is 0 Å². The highest BCUT2D eigenvalue weighted by Gasteiger charge is 2.19. The third kappa shape index (κ3) is 4.55. The van der Waals surface area contributed by atoms with Crippen molar-refractivity contribution < 1.29 is 9.53 Å². The van der Waals surface area contributed by atoms with Crippen molar-refractivity contribution in [3.8, 4) is 0 Å². The molecule has 0 radical (unpaired) electrons. The van der Waals surface area contributed by atoms with Crippen molar-refractivity contribution in [2.24, 2.45) is 0 Å². The number of amides is 1. The van der Waals surface area contributed by atoms with Crippen molar-refractivity contribution in [2.75, 3.05) is 17.7 Å². The number of carbonyl (C=O) groups excluding carboxylic acids is 1. The minimum atomic E-state index is -0.0725. The van der Waals surface area contributed by atoms with E-state index in [0.717, 1.165) is 36.3 Å². The molecule has 0 spiro atoms. The van der Waals surface area contributed by atoms with Gasteiger partial charge < -0.3 is 10.1 Å². The molecule has 1 aromatic heterocycles. The summed E-state index contributed by atoms with van der Waals surface area (Å²) in [6.45, 7) is 5.45. The van der Waals surface area contributed by atoms with Gasteiger partial charge in [0.1, 0.15) is 0 Å². The average Bonchev–Trinajstić information content (AvgIpc) is 3.16. The minimum Gasteiger partial charge on any atom is -0.376 e. The fourth-order valence-corrected chi connectivity index (χ4v) is 3.46. The summed E-state index contributed by atoms with van der Waals surface area (Å²) in [5, 5.41) is 15.2. The van der Waals surface area contributed by atoms with Gasteiger partial charge in [0, 0.05) is 12.3 Å². The van der Waals surface area contributed by atoms with Crippen molar-refractivity contribution >= 4 is 23.4 Å². The Labute approximate surface area is 145 Å². The zero-order valence-electron chi connectivity index (χ0n) is 13.9. The van der Waals surface area contributed by atoms with Crippen molar-refractivity contribution in [1.29, 1.82) is 0 Å². The van der Waals surface area contributed by atoms with Gasteiger partial charge >= 0.3 is 0 Å². The lowest BCUT2D eigenvalue weighted by Gasteiger charge is -2.10. The molecular weight excluding hydrogens is 326 g/mol. The monoisotopic (exact) mass is 347 g/mol. The molecule has 3 rings (SSSR count). The van der Waals surface area contributed by atoms with Gasteiger partial charge in [-0.25, -0.2) is 4.68 Å². The van der Waals surface area contributed by atoms with Crippen molar-refractivity contribution in [3.63, 3.8) is 0 Å². The maximum absolute atomic E-state index is 12.2. The molecule has 1 aliphatic rings. The standard InChI is InChI=1S/C16H21N5O2S/c1-11-6-12(2)8-13(7-11)17-15(22)10-24-16-18-19-20-21(16)9-14-4-3-5-23-14/h6-8,14H,3-5,9-10H2,1-2H3,(H,17,22). The van der Waals surface area contributed by atoms with E-state index in [-0.39, 0.29) is 17.8 Å². The van der Waals surface area contributed by atoms with E-state index in [1.54, 1.807) is 4.68 Å². The van der Waals surface area contributed by atoms with E-state index in [2.05, 4.69) is 26.9 Å². The summed E-state index contributed by atoms with van der Waals surface area (Å²) >= 11 is 1.33. The van der Waals surface area contributed by atoms with Crippen LogP contribution >= 0.6 is 11.8 Å². The number of aromatic nitrogens is 4. The number of thioether (sulfide) groups is 1. The van der Waals surface area contributed by atoms with Crippen LogP contribution in [-0.2, 0) is 16.1 Å². The van der Waals surface area contributed by atoms with Gasteiger partial charge in [0.15, 0.2) is 0 Å². The van der Waals surface area contributed by atoms with E-state index in [1.165, 1.54) is 11.8 Å². The Morgan fingerprint density at radius 2 is 2.17 bits per heavy atom. The van der Waals surface area contributed by atoms with Crippen LogP contribution in [-0.4, -0.2) is 44.6 Å². The van der Waals surface area contributed by atoms with E-state index in [0.29, 0.717) is 11.7 Å². The highest BCUT2D eigenvalue weighted by atomic mass is 32.2. The Balaban J connectivity index is 1.53. The fraction of sp³-hybridized carbons (Fsp3) is 0.500. The van der Waals surface area contributed by atoms with Crippen LogP contribution in [0.2, 0.25) is 0 Å². The van der Waals surface area contributed by atoms with Gasteiger partial charge in [0.2, 0.25) is 11.1 Å². The molecule has 1 saturated heterocycles. The summed E-state index contributed by atoms with van der Waals surface area (Å²) in [5.41, 5.74) is 3.06. The molecule has 1 atom stereocenters. The van der Waals surface area contributed by atoms with Gasteiger partial charge in [-0.3, -0.25) is 4.79 Å². The van der Waals surface area contributed by atoms with Crippen LogP contribution in [0.15, 0.2) is 23.4 Å². The normalized spacial score (nSPS) is 17.2. The van der Waals surface area contributed by atoms with Gasteiger partial charge in [0.05, 0.1) is 18.4 Å². The van der Waals surface area contributed by atoms with Gasteiger partial charge in [-0.1, -0.05) is 17.8 Å². The van der Waals surface area contributed by atoms with E-state index in [4.69, 9.17) is 4.74 Å². The van der Waals surface area contributed by atoms with Crippen LogP contribution in [0.1, 0.15) is 24.0 Å². The molecule has 7 nitrogen and oxygen atoms in total. The van der Waals surface area contributed by atoms with Crippen molar-refractivity contribution in [3.05, 3.63) is 29.3 Å². The van der Waals surface area contributed by atoms with Crippen LogP contribution in [0.5, 0.6) is 0 Å². The van der Waals surface area contributed by atoms with Gasteiger partial charge in [-0.2, -0.15) is 0 Å². The van der Waals surface area contributed by atoms with Gasteiger partial charge in [-0.15, -0.1) is 5.10 Å². The SMILES string of the molecule is Cc1cc(C)cc(NC(=O)CSc2nnnn2CC2CCCO2)c1. The number of rotatable bonds is 6. The Morgan fingerprint density at radius 1 is 1.38 bits per heavy atom. The number of ether oxygens (including phenoxy) is 1. The Bertz CT molecular complexity index is 692. The number of benzene rings is 1. The molecule has 128 valence electrons. The summed E-state index contributed by atoms with van der Waals surface area (Å²) < 4.78 is 7.32. The number of carbonyl (C=O) groups is 1. The lowest BCUT2D eigenvalue weighted by molar-refractivity contribution is -0.113. The molecule has 0 aliphatic carbocycles. The number of nitrogens with one attached hydrogen (secondary N) is 1. The third-order valence-electron chi connectivity index (χ3n) is 3.74. The first-order valence-electron chi connectivity index (χ1n) is 7.99. The fourth-order valence-electron chi connectivity index (χ4n) is 2.77. The van der Waals surface area contributed by atoms with Crippen LogP contribution in [0.3, 0.4) is 0 Å². The predicted molar refractivity (Wildman–Crippen MR) is 92.1 cm³/mol. The Morgan fingerprint density at radius 3 is 2.88 bits per heavy atom. The molecule has 1 aliphatic heterocycles. The molecule has 2 aromatic rings. The highest BCUT2D eigenvalue weighted by Crippen LogP contribution is 2.19. The molecule has 1 fully saturated rings. The summed E-state index contributed by atoms with van der Waals surface area (Å²) in [6.07, 6.45) is 2.27. The molecule has 1 N–H and O–H groups in total. The highest BCUT2D eigenvalue weighted by molar-refractivity contribution is 7.99. The Kier molecular flexibility index (Phi) is 5.47. The first kappa shape index (κ1) is 16.9. The second-order valence-electron chi connectivity index (χ2n) is 5.99. The zero-order chi connectivity index (χ0) is 16.9. The second kappa shape index (κ2) is 7.76. The quantitative estimate of drug-likeness (QED) is 0.807. The molecule has 24 heavy (non-hydrogen) atoms. The number of tetrazole rings is 1. The number of hydrogen-bond acceptors (Lipinski definition) is 6. The molecule has 0 bridgehead atoms. The smallest absolute Gasteiger partial charge is 0.234 e. The first-order valence-corrected chi connectivity index (χ1v) is 8.97. The van der Waals surface area contributed by atoms with Crippen LogP contribution in [0.4, 0.5) is 5.69 Å². The lowest BCUT2D eigenvalue weighted by atomic mass is 10.1. The summed E-state index contributed by atoms with van der Waals surface area (Å²) in [7, 11) is 0. The van der Waals surface area contributed by atoms with E-state index < -0.39 is 0 Å². The lowest BCUT2D eigenvalue weighted by Crippen LogP contribution is -2.18. The molecule has 1 aromatic carbocycles.